The topological polar surface area (TPSA) is 38.0 Å². The van der Waals surface area contributed by atoms with Gasteiger partial charge in [0.05, 0.1) is 0 Å². The molecular formula is C15H14F4N2. The van der Waals surface area contributed by atoms with Gasteiger partial charge in [0.1, 0.15) is 11.6 Å². The summed E-state index contributed by atoms with van der Waals surface area (Å²) in [6, 6.07) is 6.37. The SMILES string of the molecule is NNC(Cc1cc(F)cc(F)c1)Cc1ccc(F)c(F)c1. The van der Waals surface area contributed by atoms with E-state index in [1.807, 2.05) is 0 Å². The van der Waals surface area contributed by atoms with E-state index in [2.05, 4.69) is 5.43 Å². The molecule has 1 atom stereocenters. The van der Waals surface area contributed by atoms with Gasteiger partial charge in [0.25, 0.3) is 0 Å². The molecule has 6 heteroatoms. The molecule has 0 amide bonds. The maximum atomic E-state index is 13.1. The van der Waals surface area contributed by atoms with Crippen LogP contribution < -0.4 is 11.3 Å². The molecular weight excluding hydrogens is 284 g/mol. The van der Waals surface area contributed by atoms with E-state index in [4.69, 9.17) is 5.84 Å². The predicted octanol–water partition coefficient (Wildman–Crippen LogP) is 2.86. The zero-order valence-electron chi connectivity index (χ0n) is 11.0. The monoisotopic (exact) mass is 298 g/mol. The number of benzene rings is 2. The van der Waals surface area contributed by atoms with E-state index in [1.54, 1.807) is 0 Å². The number of nitrogens with two attached hydrogens (primary N) is 1. The van der Waals surface area contributed by atoms with Crippen molar-refractivity contribution in [1.82, 2.24) is 5.43 Å². The second-order valence-electron chi connectivity index (χ2n) is 4.80. The fraction of sp³-hybridized carbons (Fsp3) is 0.200. The Morgan fingerprint density at radius 3 is 2.00 bits per heavy atom. The Labute approximate surface area is 119 Å². The van der Waals surface area contributed by atoms with Crippen molar-refractivity contribution in [1.29, 1.82) is 0 Å². The molecule has 2 rings (SSSR count). The zero-order valence-corrected chi connectivity index (χ0v) is 11.0. The summed E-state index contributed by atoms with van der Waals surface area (Å²) in [6.45, 7) is 0. The van der Waals surface area contributed by atoms with Crippen molar-refractivity contribution in [3.8, 4) is 0 Å². The van der Waals surface area contributed by atoms with E-state index in [9.17, 15) is 17.6 Å². The van der Waals surface area contributed by atoms with Crippen LogP contribution in [0.3, 0.4) is 0 Å². The Balaban J connectivity index is 2.10. The van der Waals surface area contributed by atoms with Crippen LogP contribution in [0.2, 0.25) is 0 Å². The summed E-state index contributed by atoms with van der Waals surface area (Å²) in [5.41, 5.74) is 3.48. The molecule has 3 N–H and O–H groups in total. The molecule has 0 aromatic heterocycles. The largest absolute Gasteiger partial charge is 0.271 e. The highest BCUT2D eigenvalue weighted by atomic mass is 19.2. The van der Waals surface area contributed by atoms with Crippen LogP contribution in [0.5, 0.6) is 0 Å². The Morgan fingerprint density at radius 2 is 1.43 bits per heavy atom. The molecule has 0 saturated carbocycles. The predicted molar refractivity (Wildman–Crippen MR) is 71.2 cm³/mol. The molecule has 0 saturated heterocycles. The number of hydrogen-bond donors (Lipinski definition) is 2. The van der Waals surface area contributed by atoms with Crippen molar-refractivity contribution < 1.29 is 17.6 Å². The quantitative estimate of drug-likeness (QED) is 0.506. The normalized spacial score (nSPS) is 12.4. The molecule has 112 valence electrons. The minimum atomic E-state index is -0.944. The molecule has 0 aliphatic heterocycles. The summed E-state index contributed by atoms with van der Waals surface area (Å²) in [4.78, 5) is 0. The van der Waals surface area contributed by atoms with E-state index in [-0.39, 0.29) is 12.5 Å². The number of hydrazine groups is 1. The lowest BCUT2D eigenvalue weighted by molar-refractivity contribution is 0.496. The van der Waals surface area contributed by atoms with Crippen LogP contribution in [-0.2, 0) is 12.8 Å². The van der Waals surface area contributed by atoms with Crippen molar-refractivity contribution in [2.24, 2.45) is 5.84 Å². The minimum Gasteiger partial charge on any atom is -0.271 e. The summed E-state index contributed by atoms with van der Waals surface area (Å²) in [6.07, 6.45) is 0.552. The van der Waals surface area contributed by atoms with Gasteiger partial charge in [-0.2, -0.15) is 0 Å². The molecule has 0 radical (unpaired) electrons. The second kappa shape index (κ2) is 6.69. The highest BCUT2D eigenvalue weighted by molar-refractivity contribution is 5.22. The molecule has 0 aliphatic rings. The van der Waals surface area contributed by atoms with E-state index in [0.29, 0.717) is 17.5 Å². The fourth-order valence-corrected chi connectivity index (χ4v) is 2.15. The van der Waals surface area contributed by atoms with E-state index < -0.39 is 23.3 Å². The highest BCUT2D eigenvalue weighted by Gasteiger charge is 2.12. The van der Waals surface area contributed by atoms with Crippen LogP contribution in [-0.4, -0.2) is 6.04 Å². The first-order valence-corrected chi connectivity index (χ1v) is 6.33. The summed E-state index contributed by atoms with van der Waals surface area (Å²) in [7, 11) is 0. The lowest BCUT2D eigenvalue weighted by Gasteiger charge is -2.16. The Hall–Kier alpha value is -1.92. The summed E-state index contributed by atoms with van der Waals surface area (Å²) >= 11 is 0. The minimum absolute atomic E-state index is 0.254. The fourth-order valence-electron chi connectivity index (χ4n) is 2.15. The molecule has 0 aliphatic carbocycles. The second-order valence-corrected chi connectivity index (χ2v) is 4.80. The smallest absolute Gasteiger partial charge is 0.159 e. The van der Waals surface area contributed by atoms with Crippen molar-refractivity contribution in [3.63, 3.8) is 0 Å². The third kappa shape index (κ3) is 4.27. The van der Waals surface area contributed by atoms with Gasteiger partial charge in [0.15, 0.2) is 11.6 Å². The third-order valence-electron chi connectivity index (χ3n) is 3.11. The van der Waals surface area contributed by atoms with Crippen molar-refractivity contribution in [2.75, 3.05) is 0 Å². The summed E-state index contributed by atoms with van der Waals surface area (Å²) in [5.74, 6) is 2.19. The number of rotatable bonds is 5. The zero-order chi connectivity index (χ0) is 15.4. The molecule has 2 aromatic carbocycles. The Bertz CT molecular complexity index is 611. The molecule has 0 spiro atoms. The van der Waals surface area contributed by atoms with Gasteiger partial charge in [-0.1, -0.05) is 6.07 Å². The van der Waals surface area contributed by atoms with Crippen LogP contribution in [0.25, 0.3) is 0 Å². The maximum Gasteiger partial charge on any atom is 0.159 e. The van der Waals surface area contributed by atoms with Crippen LogP contribution >= 0.6 is 0 Å². The first-order valence-electron chi connectivity index (χ1n) is 6.33. The van der Waals surface area contributed by atoms with Gasteiger partial charge in [-0.3, -0.25) is 11.3 Å². The van der Waals surface area contributed by atoms with Gasteiger partial charge in [-0.15, -0.1) is 0 Å². The first-order chi connectivity index (χ1) is 9.97. The highest BCUT2D eigenvalue weighted by Crippen LogP contribution is 2.14. The summed E-state index contributed by atoms with van der Waals surface area (Å²) in [5, 5.41) is 0. The molecule has 2 aromatic rings. The molecule has 21 heavy (non-hydrogen) atoms. The van der Waals surface area contributed by atoms with E-state index in [0.717, 1.165) is 18.2 Å². The van der Waals surface area contributed by atoms with Crippen LogP contribution in [0.4, 0.5) is 17.6 Å². The van der Waals surface area contributed by atoms with Gasteiger partial charge in [-0.05, 0) is 48.2 Å². The molecule has 0 bridgehead atoms. The molecule has 0 heterocycles. The standard InChI is InChI=1S/C15H14F4N2/c16-11-3-10(4-12(17)8-11)6-13(21-20)5-9-1-2-14(18)15(19)7-9/h1-4,7-8,13,21H,5-6,20H2. The van der Waals surface area contributed by atoms with Gasteiger partial charge in [0, 0.05) is 12.1 Å². The van der Waals surface area contributed by atoms with Crippen molar-refractivity contribution >= 4 is 0 Å². The average molecular weight is 298 g/mol. The average Bonchev–Trinajstić information content (AvgIpc) is 2.41. The molecule has 0 fully saturated rings. The Kier molecular flexibility index (Phi) is 4.93. The van der Waals surface area contributed by atoms with Crippen LogP contribution in [0.1, 0.15) is 11.1 Å². The van der Waals surface area contributed by atoms with Crippen molar-refractivity contribution in [3.05, 3.63) is 70.8 Å². The number of halogens is 4. The third-order valence-corrected chi connectivity index (χ3v) is 3.11. The van der Waals surface area contributed by atoms with Gasteiger partial charge >= 0.3 is 0 Å². The van der Waals surface area contributed by atoms with Gasteiger partial charge in [0.2, 0.25) is 0 Å². The van der Waals surface area contributed by atoms with E-state index in [1.165, 1.54) is 18.2 Å². The lowest BCUT2D eigenvalue weighted by Crippen LogP contribution is -2.38. The molecule has 2 nitrogen and oxygen atoms in total. The van der Waals surface area contributed by atoms with Gasteiger partial charge in [-0.25, -0.2) is 17.6 Å². The van der Waals surface area contributed by atoms with Crippen LogP contribution in [0, 0.1) is 23.3 Å². The van der Waals surface area contributed by atoms with Crippen molar-refractivity contribution in [2.45, 2.75) is 18.9 Å². The number of nitrogens with one attached hydrogen (secondary N) is 1. The van der Waals surface area contributed by atoms with Crippen LogP contribution in [0.15, 0.2) is 36.4 Å². The first kappa shape index (κ1) is 15.5. The van der Waals surface area contributed by atoms with Gasteiger partial charge < -0.3 is 0 Å². The molecule has 1 unspecified atom stereocenters. The summed E-state index contributed by atoms with van der Waals surface area (Å²) < 4.78 is 52.2. The number of hydrogen-bond acceptors (Lipinski definition) is 2. The Morgan fingerprint density at radius 1 is 0.810 bits per heavy atom. The lowest BCUT2D eigenvalue weighted by atomic mass is 9.99. The maximum absolute atomic E-state index is 13.1. The van der Waals surface area contributed by atoms with E-state index >= 15 is 0 Å².